The molecule has 4 rings (SSSR count). The fraction of sp³-hybridized carbons (Fsp3) is 0.364. The van der Waals surface area contributed by atoms with Crippen molar-refractivity contribution in [1.29, 1.82) is 0 Å². The second-order valence-corrected chi connectivity index (χ2v) is 8.73. The van der Waals surface area contributed by atoms with Gasteiger partial charge < -0.3 is 9.64 Å². The Balaban J connectivity index is 1.33. The molecule has 1 aromatic heterocycles. The van der Waals surface area contributed by atoms with Crippen molar-refractivity contribution in [2.75, 3.05) is 33.3 Å². The number of thioether (sulfide) groups is 1. The van der Waals surface area contributed by atoms with Crippen molar-refractivity contribution in [1.82, 2.24) is 30.0 Å². The van der Waals surface area contributed by atoms with E-state index in [2.05, 4.69) is 44.7 Å². The zero-order valence-corrected chi connectivity index (χ0v) is 18.5. The summed E-state index contributed by atoms with van der Waals surface area (Å²) >= 11 is 1.38. The summed E-state index contributed by atoms with van der Waals surface area (Å²) < 4.78 is 6.85. The van der Waals surface area contributed by atoms with Crippen LogP contribution in [0.3, 0.4) is 0 Å². The van der Waals surface area contributed by atoms with Gasteiger partial charge in [0.15, 0.2) is 0 Å². The number of methoxy groups -OCH3 is 1. The van der Waals surface area contributed by atoms with Gasteiger partial charge in [0.05, 0.1) is 18.0 Å². The zero-order valence-electron chi connectivity index (χ0n) is 17.7. The van der Waals surface area contributed by atoms with Gasteiger partial charge in [-0.1, -0.05) is 42.1 Å². The average molecular weight is 439 g/mol. The van der Waals surface area contributed by atoms with E-state index >= 15 is 0 Å². The molecule has 0 spiro atoms. The number of rotatable bonds is 7. The van der Waals surface area contributed by atoms with Gasteiger partial charge in [0.25, 0.3) is 0 Å². The summed E-state index contributed by atoms with van der Waals surface area (Å²) in [6, 6.07) is 17.9. The highest BCUT2D eigenvalue weighted by atomic mass is 32.2. The third-order valence-corrected chi connectivity index (χ3v) is 6.34. The van der Waals surface area contributed by atoms with E-state index in [9.17, 15) is 4.79 Å². The van der Waals surface area contributed by atoms with E-state index in [-0.39, 0.29) is 11.2 Å². The van der Waals surface area contributed by atoms with Gasteiger partial charge in [0, 0.05) is 32.7 Å². The molecule has 1 aliphatic heterocycles. The zero-order chi connectivity index (χ0) is 21.6. The van der Waals surface area contributed by atoms with Gasteiger partial charge in [-0.05, 0) is 47.2 Å². The summed E-state index contributed by atoms with van der Waals surface area (Å²) in [4.78, 5) is 17.3. The number of amides is 1. The van der Waals surface area contributed by atoms with Gasteiger partial charge in [-0.2, -0.15) is 4.68 Å². The summed E-state index contributed by atoms with van der Waals surface area (Å²) in [5.74, 6) is 0.884. The van der Waals surface area contributed by atoms with E-state index in [0.29, 0.717) is 5.16 Å². The molecule has 1 unspecified atom stereocenters. The minimum atomic E-state index is -0.274. The SMILES string of the molecule is COc1ccc(-n2nnnc2SC(C)C(=O)N2CCN(Cc3ccccc3)CC2)cc1. The lowest BCUT2D eigenvalue weighted by atomic mass is 10.2. The van der Waals surface area contributed by atoms with Gasteiger partial charge in [0.1, 0.15) is 5.75 Å². The predicted molar refractivity (Wildman–Crippen MR) is 119 cm³/mol. The lowest BCUT2D eigenvalue weighted by molar-refractivity contribution is -0.132. The van der Waals surface area contributed by atoms with Crippen molar-refractivity contribution < 1.29 is 9.53 Å². The molecule has 31 heavy (non-hydrogen) atoms. The fourth-order valence-corrected chi connectivity index (χ4v) is 4.46. The van der Waals surface area contributed by atoms with Crippen LogP contribution in [0.2, 0.25) is 0 Å². The van der Waals surface area contributed by atoms with E-state index in [0.717, 1.165) is 44.2 Å². The van der Waals surface area contributed by atoms with E-state index < -0.39 is 0 Å². The molecule has 2 aromatic carbocycles. The van der Waals surface area contributed by atoms with Gasteiger partial charge >= 0.3 is 0 Å². The number of piperazine rings is 1. The summed E-state index contributed by atoms with van der Waals surface area (Å²) in [5, 5.41) is 12.3. The number of nitrogens with zero attached hydrogens (tertiary/aromatic N) is 6. The number of carbonyl (C=O) groups is 1. The molecule has 1 fully saturated rings. The lowest BCUT2D eigenvalue weighted by Gasteiger charge is -2.35. The maximum atomic E-state index is 13.0. The lowest BCUT2D eigenvalue weighted by Crippen LogP contribution is -2.50. The Morgan fingerprint density at radius 3 is 2.45 bits per heavy atom. The first-order valence-electron chi connectivity index (χ1n) is 10.3. The first kappa shape index (κ1) is 21.3. The molecular formula is C22H26N6O2S. The van der Waals surface area contributed by atoms with Gasteiger partial charge in [0.2, 0.25) is 11.1 Å². The molecular weight excluding hydrogens is 412 g/mol. The molecule has 0 bridgehead atoms. The van der Waals surface area contributed by atoms with Crippen molar-refractivity contribution in [2.45, 2.75) is 23.9 Å². The molecule has 162 valence electrons. The van der Waals surface area contributed by atoms with Crippen LogP contribution in [0, 0.1) is 0 Å². The average Bonchev–Trinajstić information content (AvgIpc) is 3.28. The number of carbonyl (C=O) groups excluding carboxylic acids is 1. The topological polar surface area (TPSA) is 76.4 Å². The van der Waals surface area contributed by atoms with Gasteiger partial charge in [-0.25, -0.2) is 0 Å². The molecule has 3 aromatic rings. The third-order valence-electron chi connectivity index (χ3n) is 5.32. The van der Waals surface area contributed by atoms with Crippen molar-refractivity contribution in [2.24, 2.45) is 0 Å². The van der Waals surface area contributed by atoms with Crippen LogP contribution < -0.4 is 4.74 Å². The second-order valence-electron chi connectivity index (χ2n) is 7.42. The summed E-state index contributed by atoms with van der Waals surface area (Å²) in [5.41, 5.74) is 2.12. The maximum Gasteiger partial charge on any atom is 0.235 e. The quantitative estimate of drug-likeness (QED) is 0.525. The van der Waals surface area contributed by atoms with Crippen LogP contribution in [0.5, 0.6) is 5.75 Å². The first-order valence-corrected chi connectivity index (χ1v) is 11.2. The first-order chi connectivity index (χ1) is 15.1. The largest absolute Gasteiger partial charge is 0.497 e. The van der Waals surface area contributed by atoms with E-state index in [1.54, 1.807) is 11.8 Å². The molecule has 0 aliphatic carbocycles. The number of hydrogen-bond acceptors (Lipinski definition) is 7. The Bertz CT molecular complexity index is 987. The third kappa shape index (κ3) is 5.23. The molecule has 1 aliphatic rings. The van der Waals surface area contributed by atoms with Crippen molar-refractivity contribution in [3.05, 3.63) is 60.2 Å². The van der Waals surface area contributed by atoms with Crippen LogP contribution in [0.4, 0.5) is 0 Å². The summed E-state index contributed by atoms with van der Waals surface area (Å²) in [7, 11) is 1.63. The summed E-state index contributed by atoms with van der Waals surface area (Å²) in [6.07, 6.45) is 0. The minimum absolute atomic E-state index is 0.119. The molecule has 0 radical (unpaired) electrons. The second kappa shape index (κ2) is 9.93. The van der Waals surface area contributed by atoms with Crippen LogP contribution >= 0.6 is 11.8 Å². The Labute approximate surface area is 186 Å². The fourth-order valence-electron chi connectivity index (χ4n) is 3.57. The van der Waals surface area contributed by atoms with Crippen LogP contribution in [0.15, 0.2) is 59.8 Å². The molecule has 8 nitrogen and oxygen atoms in total. The molecule has 1 amide bonds. The Morgan fingerprint density at radius 2 is 1.77 bits per heavy atom. The minimum Gasteiger partial charge on any atom is -0.497 e. The standard InChI is InChI=1S/C22H26N6O2S/c1-17(31-22-23-24-25-28(22)19-8-10-20(30-2)11-9-19)21(29)27-14-12-26(13-15-27)16-18-6-4-3-5-7-18/h3-11,17H,12-16H2,1-2H3. The van der Waals surface area contributed by atoms with Crippen LogP contribution in [-0.2, 0) is 11.3 Å². The summed E-state index contributed by atoms with van der Waals surface area (Å²) in [6.45, 7) is 6.06. The highest BCUT2D eigenvalue weighted by Crippen LogP contribution is 2.25. The van der Waals surface area contributed by atoms with E-state index in [4.69, 9.17) is 4.74 Å². The molecule has 0 saturated carbocycles. The van der Waals surface area contributed by atoms with Gasteiger partial charge in [-0.15, -0.1) is 5.10 Å². The van der Waals surface area contributed by atoms with Crippen LogP contribution in [0.1, 0.15) is 12.5 Å². The number of tetrazole rings is 1. The van der Waals surface area contributed by atoms with Crippen LogP contribution in [-0.4, -0.2) is 74.5 Å². The Hall–Kier alpha value is -2.91. The van der Waals surface area contributed by atoms with Crippen LogP contribution in [0.25, 0.3) is 5.69 Å². The molecule has 0 N–H and O–H groups in total. The predicted octanol–water partition coefficient (Wildman–Crippen LogP) is 2.50. The van der Waals surface area contributed by atoms with Crippen molar-refractivity contribution >= 4 is 17.7 Å². The van der Waals surface area contributed by atoms with Crippen molar-refractivity contribution in [3.8, 4) is 11.4 Å². The highest BCUT2D eigenvalue weighted by Gasteiger charge is 2.27. The monoisotopic (exact) mass is 438 g/mol. The molecule has 9 heteroatoms. The molecule has 1 atom stereocenters. The van der Waals surface area contributed by atoms with Crippen molar-refractivity contribution in [3.63, 3.8) is 0 Å². The molecule has 2 heterocycles. The number of ether oxygens (including phenoxy) is 1. The van der Waals surface area contributed by atoms with Gasteiger partial charge in [-0.3, -0.25) is 9.69 Å². The normalized spacial score (nSPS) is 15.6. The highest BCUT2D eigenvalue weighted by molar-refractivity contribution is 8.00. The molecule has 1 saturated heterocycles. The van der Waals surface area contributed by atoms with E-state index in [1.165, 1.54) is 17.3 Å². The number of benzene rings is 2. The Kier molecular flexibility index (Phi) is 6.83. The maximum absolute atomic E-state index is 13.0. The van der Waals surface area contributed by atoms with E-state index in [1.807, 2.05) is 42.2 Å². The number of hydrogen-bond donors (Lipinski definition) is 0. The Morgan fingerprint density at radius 1 is 1.06 bits per heavy atom. The smallest absolute Gasteiger partial charge is 0.235 e. The number of aromatic nitrogens is 4.